The molecule has 2 rings (SSSR count). The number of carbonyl (C=O) groups excluding carboxylic acids is 2. The van der Waals surface area contributed by atoms with E-state index in [1.807, 2.05) is 24.3 Å². The highest BCUT2D eigenvalue weighted by Gasteiger charge is 2.23. The first-order valence-corrected chi connectivity index (χ1v) is 8.33. The minimum atomic E-state index is -0.352. The van der Waals surface area contributed by atoms with Crippen molar-refractivity contribution in [3.8, 4) is 5.75 Å². The molecule has 1 unspecified atom stereocenters. The maximum Gasteiger partial charge on any atom is 0.239 e. The number of rotatable bonds is 8. The van der Waals surface area contributed by atoms with Crippen LogP contribution in [0, 0.1) is 0 Å². The van der Waals surface area contributed by atoms with Crippen molar-refractivity contribution >= 4 is 36.6 Å². The molecule has 1 aromatic carbocycles. The molecule has 0 bridgehead atoms. The fourth-order valence-electron chi connectivity index (χ4n) is 2.70. The molecular weight excluding hydrogens is 395 g/mol. The van der Waals surface area contributed by atoms with Gasteiger partial charge in [-0.3, -0.25) is 14.5 Å². The zero-order valence-corrected chi connectivity index (χ0v) is 16.9. The van der Waals surface area contributed by atoms with Crippen molar-refractivity contribution in [1.82, 2.24) is 15.5 Å². The summed E-state index contributed by atoms with van der Waals surface area (Å²) in [6.07, 6.45) is 0. The molecule has 8 nitrogen and oxygen atoms in total. The van der Waals surface area contributed by atoms with Gasteiger partial charge < -0.3 is 25.8 Å². The molecule has 2 amide bonds. The van der Waals surface area contributed by atoms with Crippen molar-refractivity contribution in [2.75, 3.05) is 53.0 Å². The molecule has 1 aromatic rings. The fraction of sp³-hybridized carbons (Fsp3) is 0.529. The first-order valence-electron chi connectivity index (χ1n) is 8.33. The van der Waals surface area contributed by atoms with Gasteiger partial charge in [0.2, 0.25) is 11.8 Å². The molecule has 0 saturated carbocycles. The van der Waals surface area contributed by atoms with E-state index in [4.69, 9.17) is 15.2 Å². The molecule has 0 aliphatic carbocycles. The number of nitrogens with one attached hydrogen (secondary N) is 2. The molecule has 1 fully saturated rings. The Morgan fingerprint density at radius 2 is 1.78 bits per heavy atom. The Morgan fingerprint density at radius 3 is 2.33 bits per heavy atom. The zero-order valence-electron chi connectivity index (χ0n) is 15.3. The van der Waals surface area contributed by atoms with E-state index in [-0.39, 0.29) is 55.8 Å². The van der Waals surface area contributed by atoms with Crippen LogP contribution in [0.25, 0.3) is 0 Å². The minimum Gasteiger partial charge on any atom is -0.497 e. The van der Waals surface area contributed by atoms with Gasteiger partial charge in [0, 0.05) is 19.6 Å². The first-order chi connectivity index (χ1) is 12.1. The van der Waals surface area contributed by atoms with Gasteiger partial charge in [-0.1, -0.05) is 12.1 Å². The lowest BCUT2D eigenvalue weighted by Gasteiger charge is -2.35. The molecule has 1 saturated heterocycles. The van der Waals surface area contributed by atoms with Gasteiger partial charge in [-0.25, -0.2) is 0 Å². The summed E-state index contributed by atoms with van der Waals surface area (Å²) >= 11 is 0. The molecule has 10 heteroatoms. The third-order valence-electron chi connectivity index (χ3n) is 4.11. The fourth-order valence-corrected chi connectivity index (χ4v) is 2.70. The second-order valence-electron chi connectivity index (χ2n) is 5.72. The van der Waals surface area contributed by atoms with E-state index in [1.54, 1.807) is 7.11 Å². The summed E-state index contributed by atoms with van der Waals surface area (Å²) in [7, 11) is 1.63. The van der Waals surface area contributed by atoms with Crippen LogP contribution in [0.5, 0.6) is 5.75 Å². The molecule has 154 valence electrons. The summed E-state index contributed by atoms with van der Waals surface area (Å²) in [6.45, 7) is 3.20. The van der Waals surface area contributed by atoms with E-state index < -0.39 is 0 Å². The Balaban J connectivity index is 0.00000338. The highest BCUT2D eigenvalue weighted by molar-refractivity contribution is 5.86. The predicted octanol–water partition coefficient (Wildman–Crippen LogP) is 0.103. The molecule has 4 N–H and O–H groups in total. The van der Waals surface area contributed by atoms with Crippen LogP contribution < -0.4 is 21.1 Å². The van der Waals surface area contributed by atoms with Crippen LogP contribution in [0.4, 0.5) is 0 Å². The van der Waals surface area contributed by atoms with Gasteiger partial charge in [-0.05, 0) is 17.7 Å². The lowest BCUT2D eigenvalue weighted by molar-refractivity contribution is -0.125. The van der Waals surface area contributed by atoms with Crippen LogP contribution in [0.3, 0.4) is 0 Å². The normalized spacial score (nSPS) is 14.9. The Kier molecular flexibility index (Phi) is 12.8. The number of methoxy groups -OCH3 is 1. The number of carbonyl (C=O) groups is 2. The number of benzene rings is 1. The number of ether oxygens (including phenoxy) is 2. The Labute approximate surface area is 171 Å². The van der Waals surface area contributed by atoms with Gasteiger partial charge in [-0.15, -0.1) is 24.8 Å². The third-order valence-corrected chi connectivity index (χ3v) is 4.11. The number of nitrogens with zero attached hydrogens (tertiary/aromatic N) is 1. The monoisotopic (exact) mass is 422 g/mol. The van der Waals surface area contributed by atoms with Gasteiger partial charge in [0.05, 0.1) is 39.5 Å². The van der Waals surface area contributed by atoms with Gasteiger partial charge in [0.25, 0.3) is 0 Å². The number of amides is 2. The number of hydrogen-bond acceptors (Lipinski definition) is 6. The maximum absolute atomic E-state index is 12.0. The highest BCUT2D eigenvalue weighted by atomic mass is 35.5. The van der Waals surface area contributed by atoms with E-state index in [1.165, 1.54) is 0 Å². The van der Waals surface area contributed by atoms with Crippen molar-refractivity contribution in [2.45, 2.75) is 6.04 Å². The van der Waals surface area contributed by atoms with Gasteiger partial charge in [0.15, 0.2) is 0 Å². The van der Waals surface area contributed by atoms with E-state index >= 15 is 0 Å². The second-order valence-corrected chi connectivity index (χ2v) is 5.72. The van der Waals surface area contributed by atoms with Crippen LogP contribution in [0.2, 0.25) is 0 Å². The average molecular weight is 423 g/mol. The molecule has 0 spiro atoms. The maximum atomic E-state index is 12.0. The molecule has 1 aliphatic rings. The topological polar surface area (TPSA) is 106 Å². The number of nitrogens with two attached hydrogens (primary N) is 1. The zero-order chi connectivity index (χ0) is 18.1. The summed E-state index contributed by atoms with van der Waals surface area (Å²) in [5, 5.41) is 5.34. The molecule has 1 heterocycles. The standard InChI is InChI=1S/C17H26N4O4.2ClH/c1-24-14-4-2-13(3-5-14)15(21-6-8-25-9-7-21)11-19-17(23)12-20-16(22)10-18;;/h2-5,15H,6-12,18H2,1H3,(H,19,23)(H,20,22);2*1H. The van der Waals surface area contributed by atoms with E-state index in [9.17, 15) is 9.59 Å². The van der Waals surface area contributed by atoms with Crippen LogP contribution in [0.1, 0.15) is 11.6 Å². The van der Waals surface area contributed by atoms with Crippen LogP contribution >= 0.6 is 24.8 Å². The van der Waals surface area contributed by atoms with Crippen molar-refractivity contribution in [1.29, 1.82) is 0 Å². The largest absolute Gasteiger partial charge is 0.497 e. The molecule has 0 radical (unpaired) electrons. The van der Waals surface area contributed by atoms with Crippen LogP contribution in [-0.2, 0) is 14.3 Å². The van der Waals surface area contributed by atoms with E-state index in [0.29, 0.717) is 19.8 Å². The quantitative estimate of drug-likeness (QED) is 0.548. The second kappa shape index (κ2) is 13.6. The highest BCUT2D eigenvalue weighted by Crippen LogP contribution is 2.23. The summed E-state index contributed by atoms with van der Waals surface area (Å²) < 4.78 is 10.6. The van der Waals surface area contributed by atoms with E-state index in [2.05, 4.69) is 15.5 Å². The SMILES string of the molecule is COc1ccc(C(CNC(=O)CNC(=O)CN)N2CCOCC2)cc1.Cl.Cl. The third kappa shape index (κ3) is 8.32. The Hall–Kier alpha value is -1.58. The van der Waals surface area contributed by atoms with E-state index in [0.717, 1.165) is 24.4 Å². The summed E-state index contributed by atoms with van der Waals surface area (Å²) in [5.74, 6) is 0.196. The predicted molar refractivity (Wildman–Crippen MR) is 108 cm³/mol. The summed E-state index contributed by atoms with van der Waals surface area (Å²) in [4.78, 5) is 25.4. The summed E-state index contributed by atoms with van der Waals surface area (Å²) in [5.41, 5.74) is 6.30. The molecule has 1 atom stereocenters. The van der Waals surface area contributed by atoms with Crippen molar-refractivity contribution < 1.29 is 19.1 Å². The molecule has 27 heavy (non-hydrogen) atoms. The minimum absolute atomic E-state index is 0. The Morgan fingerprint density at radius 1 is 1.15 bits per heavy atom. The van der Waals surface area contributed by atoms with Gasteiger partial charge in [0.1, 0.15) is 5.75 Å². The molecular formula is C17H28Cl2N4O4. The average Bonchev–Trinajstić information content (AvgIpc) is 2.67. The first kappa shape index (κ1) is 25.4. The van der Waals surface area contributed by atoms with Crippen molar-refractivity contribution in [3.63, 3.8) is 0 Å². The summed E-state index contributed by atoms with van der Waals surface area (Å²) in [6, 6.07) is 7.85. The lowest BCUT2D eigenvalue weighted by atomic mass is 10.0. The van der Waals surface area contributed by atoms with Gasteiger partial charge in [-0.2, -0.15) is 0 Å². The smallest absolute Gasteiger partial charge is 0.239 e. The number of hydrogen-bond donors (Lipinski definition) is 3. The van der Waals surface area contributed by atoms with Crippen LogP contribution in [-0.4, -0.2) is 69.8 Å². The molecule has 0 aromatic heterocycles. The number of morpholine rings is 1. The van der Waals surface area contributed by atoms with Crippen molar-refractivity contribution in [2.24, 2.45) is 5.73 Å². The molecule has 1 aliphatic heterocycles. The number of halogens is 2. The Bertz CT molecular complexity index is 569. The van der Waals surface area contributed by atoms with Crippen LogP contribution in [0.15, 0.2) is 24.3 Å². The van der Waals surface area contributed by atoms with Crippen molar-refractivity contribution in [3.05, 3.63) is 29.8 Å². The van der Waals surface area contributed by atoms with Gasteiger partial charge >= 0.3 is 0 Å². The lowest BCUT2D eigenvalue weighted by Crippen LogP contribution is -2.46.